The number of nitrogens with two attached hydrogens (primary N) is 1. The zero-order valence-corrected chi connectivity index (χ0v) is 12.9. The zero-order chi connectivity index (χ0) is 14.6. The third-order valence-corrected chi connectivity index (χ3v) is 5.84. The monoisotopic (exact) mass is 296 g/mol. The predicted molar refractivity (Wildman–Crippen MR) is 82.8 cm³/mol. The third-order valence-electron chi connectivity index (χ3n) is 3.88. The van der Waals surface area contributed by atoms with Gasteiger partial charge in [-0.25, -0.2) is 8.42 Å². The molecule has 0 bridgehead atoms. The fourth-order valence-corrected chi connectivity index (χ4v) is 4.45. The van der Waals surface area contributed by atoms with Crippen LogP contribution in [-0.4, -0.2) is 33.3 Å². The quantitative estimate of drug-likeness (QED) is 0.904. The molecule has 2 N–H and O–H groups in total. The second-order valence-corrected chi connectivity index (χ2v) is 7.44. The van der Waals surface area contributed by atoms with Crippen LogP contribution >= 0.6 is 0 Å². The van der Waals surface area contributed by atoms with Crippen molar-refractivity contribution < 1.29 is 8.42 Å². The fraction of sp³-hybridized carbons (Fsp3) is 0.600. The molecule has 1 aliphatic heterocycles. The highest BCUT2D eigenvalue weighted by molar-refractivity contribution is 7.91. The molecule has 0 aromatic heterocycles. The van der Waals surface area contributed by atoms with Gasteiger partial charge in [0.05, 0.1) is 16.3 Å². The van der Waals surface area contributed by atoms with Crippen LogP contribution in [0.5, 0.6) is 0 Å². The largest absolute Gasteiger partial charge is 0.366 e. The van der Waals surface area contributed by atoms with Gasteiger partial charge in [0.2, 0.25) is 0 Å². The summed E-state index contributed by atoms with van der Waals surface area (Å²) in [4.78, 5) is 2.65. The van der Waals surface area contributed by atoms with Crippen LogP contribution in [0, 0.1) is 0 Å². The topological polar surface area (TPSA) is 63.4 Å². The van der Waals surface area contributed by atoms with Gasteiger partial charge in [0.15, 0.2) is 9.84 Å². The van der Waals surface area contributed by atoms with Gasteiger partial charge in [-0.3, -0.25) is 0 Å². The fourth-order valence-electron chi connectivity index (χ4n) is 2.90. The molecule has 1 atom stereocenters. The van der Waals surface area contributed by atoms with Crippen molar-refractivity contribution in [2.24, 2.45) is 5.73 Å². The van der Waals surface area contributed by atoms with Crippen molar-refractivity contribution in [2.45, 2.75) is 43.5 Å². The molecule has 1 aromatic carbocycles. The predicted octanol–water partition coefficient (Wildman–Crippen LogP) is 2.19. The molecule has 1 fully saturated rings. The van der Waals surface area contributed by atoms with Crippen LogP contribution in [0.1, 0.15) is 32.6 Å². The molecule has 20 heavy (non-hydrogen) atoms. The molecule has 1 heterocycles. The maximum atomic E-state index is 12.4. The van der Waals surface area contributed by atoms with E-state index in [1.807, 2.05) is 19.1 Å². The Morgan fingerprint density at radius 1 is 1.30 bits per heavy atom. The average molecular weight is 296 g/mol. The average Bonchev–Trinajstić information content (AvgIpc) is 2.47. The summed E-state index contributed by atoms with van der Waals surface area (Å²) in [7, 11) is -3.20. The first-order chi connectivity index (χ1) is 9.60. The summed E-state index contributed by atoms with van der Waals surface area (Å²) >= 11 is 0. The summed E-state index contributed by atoms with van der Waals surface area (Å²) in [5, 5.41) is 0. The Bertz CT molecular complexity index is 543. The summed E-state index contributed by atoms with van der Waals surface area (Å²) in [6, 6.07) is 7.59. The van der Waals surface area contributed by atoms with E-state index in [1.165, 1.54) is 6.42 Å². The number of hydrogen-bond donors (Lipinski definition) is 1. The molecular formula is C15H24N2O2S. The minimum absolute atomic E-state index is 0.200. The van der Waals surface area contributed by atoms with Crippen molar-refractivity contribution in [1.82, 2.24) is 0 Å². The third kappa shape index (κ3) is 3.15. The maximum absolute atomic E-state index is 12.4. The molecule has 1 aliphatic rings. The molecule has 2 rings (SSSR count). The molecule has 0 radical (unpaired) electrons. The highest BCUT2D eigenvalue weighted by atomic mass is 32.2. The van der Waals surface area contributed by atoms with E-state index in [4.69, 9.17) is 5.73 Å². The number of sulfone groups is 1. The van der Waals surface area contributed by atoms with Crippen molar-refractivity contribution in [3.8, 4) is 0 Å². The molecule has 0 spiro atoms. The molecule has 0 saturated carbocycles. The smallest absolute Gasteiger partial charge is 0.180 e. The van der Waals surface area contributed by atoms with E-state index in [0.717, 1.165) is 25.1 Å². The number of hydrogen-bond acceptors (Lipinski definition) is 4. The molecule has 4 nitrogen and oxygen atoms in total. The lowest BCUT2D eigenvalue weighted by molar-refractivity contribution is 0.463. The second-order valence-electron chi connectivity index (χ2n) is 5.37. The van der Waals surface area contributed by atoms with E-state index in [9.17, 15) is 8.42 Å². The first-order valence-corrected chi connectivity index (χ1v) is 9.04. The number of anilines is 1. The summed E-state index contributed by atoms with van der Waals surface area (Å²) in [5.41, 5.74) is 6.69. The van der Waals surface area contributed by atoms with E-state index in [2.05, 4.69) is 4.90 Å². The van der Waals surface area contributed by atoms with Crippen molar-refractivity contribution in [1.29, 1.82) is 0 Å². The molecule has 0 aliphatic carbocycles. The zero-order valence-electron chi connectivity index (χ0n) is 12.1. The highest BCUT2D eigenvalue weighted by Gasteiger charge is 2.26. The number of rotatable bonds is 5. The van der Waals surface area contributed by atoms with Crippen LogP contribution in [0.2, 0.25) is 0 Å². The van der Waals surface area contributed by atoms with Gasteiger partial charge >= 0.3 is 0 Å². The Morgan fingerprint density at radius 3 is 2.75 bits per heavy atom. The second kappa shape index (κ2) is 6.59. The Kier molecular flexibility index (Phi) is 5.05. The van der Waals surface area contributed by atoms with Crippen LogP contribution in [0.3, 0.4) is 0 Å². The number of para-hydroxylation sites is 1. The normalized spacial score (nSPS) is 20.1. The molecule has 1 aromatic rings. The molecule has 1 saturated heterocycles. The van der Waals surface area contributed by atoms with Gasteiger partial charge in [-0.15, -0.1) is 0 Å². The Hall–Kier alpha value is -1.07. The minimum Gasteiger partial charge on any atom is -0.366 e. The number of nitrogens with zero attached hydrogens (tertiary/aromatic N) is 1. The van der Waals surface area contributed by atoms with E-state index in [-0.39, 0.29) is 11.8 Å². The first kappa shape index (κ1) is 15.3. The molecule has 5 heteroatoms. The van der Waals surface area contributed by atoms with Gasteiger partial charge in [-0.05, 0) is 37.8 Å². The lowest BCUT2D eigenvalue weighted by atomic mass is 10.0. The van der Waals surface area contributed by atoms with E-state index >= 15 is 0 Å². The van der Waals surface area contributed by atoms with Crippen molar-refractivity contribution in [3.05, 3.63) is 24.3 Å². The Morgan fingerprint density at radius 2 is 2.05 bits per heavy atom. The van der Waals surface area contributed by atoms with Crippen LogP contribution in [-0.2, 0) is 9.84 Å². The van der Waals surface area contributed by atoms with E-state index in [1.54, 1.807) is 12.1 Å². The van der Waals surface area contributed by atoms with Gasteiger partial charge in [0.1, 0.15) is 0 Å². The van der Waals surface area contributed by atoms with Gasteiger partial charge < -0.3 is 10.6 Å². The van der Waals surface area contributed by atoms with Gasteiger partial charge in [-0.1, -0.05) is 19.1 Å². The summed E-state index contributed by atoms with van der Waals surface area (Å²) in [5.74, 6) is 0.200. The van der Waals surface area contributed by atoms with Crippen LogP contribution < -0.4 is 10.6 Å². The number of piperidine rings is 1. The van der Waals surface area contributed by atoms with Crippen LogP contribution in [0.4, 0.5) is 5.69 Å². The summed E-state index contributed by atoms with van der Waals surface area (Å²) in [6.45, 7) is 3.35. The lowest BCUT2D eigenvalue weighted by Crippen LogP contribution is -2.44. The van der Waals surface area contributed by atoms with Crippen LogP contribution in [0.15, 0.2) is 29.2 Å². The highest BCUT2D eigenvalue weighted by Crippen LogP contribution is 2.31. The maximum Gasteiger partial charge on any atom is 0.180 e. The summed E-state index contributed by atoms with van der Waals surface area (Å²) in [6.07, 6.45) is 3.94. The molecular weight excluding hydrogens is 272 g/mol. The molecule has 1 unspecified atom stereocenters. The lowest BCUT2D eigenvalue weighted by Gasteiger charge is -2.37. The molecule has 112 valence electrons. The van der Waals surface area contributed by atoms with Crippen molar-refractivity contribution in [3.63, 3.8) is 0 Å². The van der Waals surface area contributed by atoms with Gasteiger partial charge in [0.25, 0.3) is 0 Å². The Balaban J connectivity index is 2.41. The summed E-state index contributed by atoms with van der Waals surface area (Å²) < 4.78 is 24.9. The standard InChI is InChI=1S/C15H24N2O2S/c1-2-11-20(18,19)15-9-4-3-8-14(15)17-10-6-5-7-13(17)12-16/h3-4,8-9,13H,2,5-7,10-12,16H2,1H3. The van der Waals surface area contributed by atoms with Gasteiger partial charge in [0, 0.05) is 19.1 Å². The van der Waals surface area contributed by atoms with E-state index < -0.39 is 9.84 Å². The SMILES string of the molecule is CCCS(=O)(=O)c1ccccc1N1CCCCC1CN. The van der Waals surface area contributed by atoms with Crippen molar-refractivity contribution in [2.75, 3.05) is 23.7 Å². The van der Waals surface area contributed by atoms with E-state index in [0.29, 0.717) is 17.9 Å². The molecule has 0 amide bonds. The number of benzene rings is 1. The van der Waals surface area contributed by atoms with Crippen LogP contribution in [0.25, 0.3) is 0 Å². The minimum atomic E-state index is -3.20. The first-order valence-electron chi connectivity index (χ1n) is 7.38. The van der Waals surface area contributed by atoms with Crippen molar-refractivity contribution >= 4 is 15.5 Å². The van der Waals surface area contributed by atoms with Gasteiger partial charge in [-0.2, -0.15) is 0 Å². The Labute approximate surface area is 121 Å².